The largest absolute Gasteiger partial charge is 0.350 e. The summed E-state index contributed by atoms with van der Waals surface area (Å²) in [5.74, 6) is 0.0306. The molecule has 2 aromatic rings. The van der Waals surface area contributed by atoms with Gasteiger partial charge in [-0.3, -0.25) is 9.78 Å². The number of pyridine rings is 1. The molecule has 1 heterocycles. The van der Waals surface area contributed by atoms with Crippen molar-refractivity contribution in [1.82, 2.24) is 10.3 Å². The zero-order chi connectivity index (χ0) is 15.2. The van der Waals surface area contributed by atoms with Crippen molar-refractivity contribution < 1.29 is 4.79 Å². The van der Waals surface area contributed by atoms with Gasteiger partial charge in [0.15, 0.2) is 0 Å². The van der Waals surface area contributed by atoms with Crippen molar-refractivity contribution in [2.24, 2.45) is 0 Å². The molecule has 1 aromatic heterocycles. The van der Waals surface area contributed by atoms with Gasteiger partial charge in [0.25, 0.3) is 0 Å². The normalized spacial score (nSPS) is 12.0. The van der Waals surface area contributed by atoms with E-state index < -0.39 is 0 Å². The molecule has 0 aliphatic carbocycles. The SMILES string of the molecule is Cc1ccc(CCC(=O)N[C@@H](C)c2cccnc2)cc1Cl. The monoisotopic (exact) mass is 302 g/mol. The van der Waals surface area contributed by atoms with Gasteiger partial charge >= 0.3 is 0 Å². The molecule has 1 amide bonds. The number of carbonyl (C=O) groups is 1. The van der Waals surface area contributed by atoms with E-state index in [4.69, 9.17) is 11.6 Å². The van der Waals surface area contributed by atoms with Crippen LogP contribution in [0.2, 0.25) is 5.02 Å². The lowest BCUT2D eigenvalue weighted by molar-refractivity contribution is -0.121. The maximum absolute atomic E-state index is 12.0. The Hall–Kier alpha value is -1.87. The highest BCUT2D eigenvalue weighted by atomic mass is 35.5. The fraction of sp³-hybridized carbons (Fsp3) is 0.294. The van der Waals surface area contributed by atoms with E-state index in [0.717, 1.165) is 21.7 Å². The number of carbonyl (C=O) groups excluding carboxylic acids is 1. The Balaban J connectivity index is 1.86. The number of nitrogens with one attached hydrogen (secondary N) is 1. The number of hydrogen-bond donors (Lipinski definition) is 1. The molecule has 1 aromatic carbocycles. The van der Waals surface area contributed by atoms with Crippen molar-refractivity contribution in [3.8, 4) is 0 Å². The van der Waals surface area contributed by atoms with Crippen LogP contribution in [-0.2, 0) is 11.2 Å². The summed E-state index contributed by atoms with van der Waals surface area (Å²) in [5, 5.41) is 3.73. The first kappa shape index (κ1) is 15.5. The summed E-state index contributed by atoms with van der Waals surface area (Å²) in [5.41, 5.74) is 3.13. The van der Waals surface area contributed by atoms with Crippen LogP contribution in [0.3, 0.4) is 0 Å². The number of hydrogen-bond acceptors (Lipinski definition) is 2. The highest BCUT2D eigenvalue weighted by molar-refractivity contribution is 6.31. The summed E-state index contributed by atoms with van der Waals surface area (Å²) in [6.45, 7) is 3.92. The number of benzene rings is 1. The third-order valence-corrected chi connectivity index (χ3v) is 3.85. The second-order valence-corrected chi connectivity index (χ2v) is 5.57. The van der Waals surface area contributed by atoms with E-state index in [1.807, 2.05) is 44.2 Å². The molecule has 0 radical (unpaired) electrons. The van der Waals surface area contributed by atoms with Crippen molar-refractivity contribution in [1.29, 1.82) is 0 Å². The highest BCUT2D eigenvalue weighted by Gasteiger charge is 2.09. The van der Waals surface area contributed by atoms with Gasteiger partial charge in [-0.05, 0) is 49.1 Å². The van der Waals surface area contributed by atoms with Gasteiger partial charge in [0.2, 0.25) is 5.91 Å². The van der Waals surface area contributed by atoms with Crippen LogP contribution in [0.5, 0.6) is 0 Å². The second-order valence-electron chi connectivity index (χ2n) is 5.16. The minimum absolute atomic E-state index is 0.0306. The molecule has 0 bridgehead atoms. The third kappa shape index (κ3) is 4.57. The van der Waals surface area contributed by atoms with Gasteiger partial charge in [0.05, 0.1) is 6.04 Å². The maximum atomic E-state index is 12.0. The molecule has 2 rings (SSSR count). The summed E-state index contributed by atoms with van der Waals surface area (Å²) >= 11 is 6.09. The fourth-order valence-corrected chi connectivity index (χ4v) is 2.28. The van der Waals surface area contributed by atoms with Gasteiger partial charge < -0.3 is 5.32 Å². The molecule has 1 N–H and O–H groups in total. The average Bonchev–Trinajstić information content (AvgIpc) is 2.49. The van der Waals surface area contributed by atoms with Crippen LogP contribution in [-0.4, -0.2) is 10.9 Å². The maximum Gasteiger partial charge on any atom is 0.220 e. The van der Waals surface area contributed by atoms with Crippen molar-refractivity contribution >= 4 is 17.5 Å². The van der Waals surface area contributed by atoms with Crippen LogP contribution in [0, 0.1) is 6.92 Å². The van der Waals surface area contributed by atoms with Crippen molar-refractivity contribution in [3.63, 3.8) is 0 Å². The third-order valence-electron chi connectivity index (χ3n) is 3.44. The summed E-state index contributed by atoms with van der Waals surface area (Å²) in [6, 6.07) is 9.71. The molecule has 0 fully saturated rings. The minimum Gasteiger partial charge on any atom is -0.350 e. The van der Waals surface area contributed by atoms with Crippen LogP contribution >= 0.6 is 11.6 Å². The molecular weight excluding hydrogens is 284 g/mol. The van der Waals surface area contributed by atoms with Crippen LogP contribution in [0.1, 0.15) is 36.1 Å². The molecule has 4 heteroatoms. The molecule has 3 nitrogen and oxygen atoms in total. The van der Waals surface area contributed by atoms with E-state index in [1.165, 1.54) is 0 Å². The number of aryl methyl sites for hydroxylation is 2. The fourth-order valence-electron chi connectivity index (χ4n) is 2.08. The lowest BCUT2D eigenvalue weighted by Crippen LogP contribution is -2.26. The van der Waals surface area contributed by atoms with Gasteiger partial charge in [-0.1, -0.05) is 29.8 Å². The van der Waals surface area contributed by atoms with Gasteiger partial charge in [-0.25, -0.2) is 0 Å². The minimum atomic E-state index is -0.0344. The van der Waals surface area contributed by atoms with Crippen molar-refractivity contribution in [2.75, 3.05) is 0 Å². The molecule has 0 saturated carbocycles. The molecule has 0 aliphatic heterocycles. The number of rotatable bonds is 5. The molecule has 0 unspecified atom stereocenters. The number of halogens is 1. The van der Waals surface area contributed by atoms with E-state index in [-0.39, 0.29) is 11.9 Å². The van der Waals surface area contributed by atoms with Crippen LogP contribution in [0.25, 0.3) is 0 Å². The molecule has 0 saturated heterocycles. The average molecular weight is 303 g/mol. The summed E-state index contributed by atoms with van der Waals surface area (Å²) in [6.07, 6.45) is 4.62. The first-order valence-corrected chi connectivity index (χ1v) is 7.38. The zero-order valence-electron chi connectivity index (χ0n) is 12.3. The predicted octanol–water partition coefficient (Wildman–Crippen LogP) is 3.85. The van der Waals surface area contributed by atoms with Gasteiger partial charge in [0, 0.05) is 23.8 Å². The smallest absolute Gasteiger partial charge is 0.220 e. The Bertz CT molecular complexity index is 613. The zero-order valence-corrected chi connectivity index (χ0v) is 13.0. The Morgan fingerprint density at radius 2 is 2.19 bits per heavy atom. The summed E-state index contributed by atoms with van der Waals surface area (Å²) in [7, 11) is 0. The van der Waals surface area contributed by atoms with E-state index in [2.05, 4.69) is 10.3 Å². The van der Waals surface area contributed by atoms with Crippen LogP contribution < -0.4 is 5.32 Å². The summed E-state index contributed by atoms with van der Waals surface area (Å²) in [4.78, 5) is 16.0. The number of amides is 1. The Morgan fingerprint density at radius 1 is 1.38 bits per heavy atom. The second kappa shape index (κ2) is 7.23. The van der Waals surface area contributed by atoms with Crippen LogP contribution in [0.15, 0.2) is 42.7 Å². The van der Waals surface area contributed by atoms with E-state index in [1.54, 1.807) is 12.4 Å². The Labute approximate surface area is 130 Å². The number of aromatic nitrogens is 1. The van der Waals surface area contributed by atoms with Crippen LogP contribution in [0.4, 0.5) is 0 Å². The van der Waals surface area contributed by atoms with Crippen molar-refractivity contribution in [2.45, 2.75) is 32.7 Å². The standard InChI is InChI=1S/C17H19ClN2O/c1-12-5-6-14(10-16(12)18)7-8-17(21)20-13(2)15-4-3-9-19-11-15/h3-6,9-11,13H,7-8H2,1-2H3,(H,20,21)/t13-/m0/s1. The first-order valence-electron chi connectivity index (χ1n) is 7.00. The van der Waals surface area contributed by atoms with E-state index >= 15 is 0 Å². The van der Waals surface area contributed by atoms with E-state index in [9.17, 15) is 4.79 Å². The van der Waals surface area contributed by atoms with E-state index in [0.29, 0.717) is 12.8 Å². The van der Waals surface area contributed by atoms with Crippen molar-refractivity contribution in [3.05, 3.63) is 64.4 Å². The van der Waals surface area contributed by atoms with Gasteiger partial charge in [-0.15, -0.1) is 0 Å². The lowest BCUT2D eigenvalue weighted by Gasteiger charge is -2.14. The molecule has 0 spiro atoms. The summed E-state index contributed by atoms with van der Waals surface area (Å²) < 4.78 is 0. The molecule has 110 valence electrons. The molecule has 0 aliphatic rings. The molecule has 21 heavy (non-hydrogen) atoms. The quantitative estimate of drug-likeness (QED) is 0.911. The molecular formula is C17H19ClN2O. The first-order chi connectivity index (χ1) is 10.1. The topological polar surface area (TPSA) is 42.0 Å². The molecule has 1 atom stereocenters. The lowest BCUT2D eigenvalue weighted by atomic mass is 10.1. The number of nitrogens with zero attached hydrogens (tertiary/aromatic N) is 1. The van der Waals surface area contributed by atoms with Gasteiger partial charge in [0.1, 0.15) is 0 Å². The van der Waals surface area contributed by atoms with Gasteiger partial charge in [-0.2, -0.15) is 0 Å². The Morgan fingerprint density at radius 3 is 2.86 bits per heavy atom. The highest BCUT2D eigenvalue weighted by Crippen LogP contribution is 2.18. The predicted molar refractivity (Wildman–Crippen MR) is 85.3 cm³/mol. The Kier molecular flexibility index (Phi) is 5.34.